The van der Waals surface area contributed by atoms with Crippen molar-refractivity contribution in [2.24, 2.45) is 50.2 Å². The zero-order valence-electron chi connectivity index (χ0n) is 22.4. The molecule has 0 saturated heterocycles. The molecule has 0 unspecified atom stereocenters. The molecule has 34 heavy (non-hydrogen) atoms. The molecule has 0 spiro atoms. The molecule has 0 aromatic carbocycles. The molecule has 5 aliphatic rings. The van der Waals surface area contributed by atoms with Crippen molar-refractivity contribution in [2.45, 2.75) is 112 Å². The van der Waals surface area contributed by atoms with Crippen molar-refractivity contribution in [3.05, 3.63) is 11.6 Å². The summed E-state index contributed by atoms with van der Waals surface area (Å²) in [5.74, 6) is 0.243. The number of carboxylic acids is 1. The molecular weight excluding hydrogens is 424 g/mol. The van der Waals surface area contributed by atoms with Crippen LogP contribution in [0.15, 0.2) is 11.6 Å². The Morgan fingerprint density at radius 2 is 1.62 bits per heavy atom. The summed E-state index contributed by atoms with van der Waals surface area (Å²) in [6.07, 6.45) is 11.5. The molecule has 4 fully saturated rings. The zero-order valence-corrected chi connectivity index (χ0v) is 22.4. The summed E-state index contributed by atoms with van der Waals surface area (Å²) < 4.78 is 0. The lowest BCUT2D eigenvalue weighted by molar-refractivity contribution is -0.222. The van der Waals surface area contributed by atoms with E-state index in [0.29, 0.717) is 12.3 Å². The molecule has 192 valence electrons. The van der Waals surface area contributed by atoms with Gasteiger partial charge < -0.3 is 15.3 Å². The number of carboxylic acid groups (broad SMARTS) is 1. The second kappa shape index (κ2) is 7.34. The molecule has 3 N–H and O–H groups in total. The van der Waals surface area contributed by atoms with Crippen LogP contribution in [0.1, 0.15) is 106 Å². The lowest BCUT2D eigenvalue weighted by Gasteiger charge is -2.70. The summed E-state index contributed by atoms with van der Waals surface area (Å²) in [6.45, 7) is 13.9. The molecule has 9 atom stereocenters. The van der Waals surface area contributed by atoms with Gasteiger partial charge in [0, 0.05) is 5.41 Å². The highest BCUT2D eigenvalue weighted by atomic mass is 16.4. The van der Waals surface area contributed by atoms with Gasteiger partial charge in [0.15, 0.2) is 0 Å². The van der Waals surface area contributed by atoms with Crippen LogP contribution in [0.4, 0.5) is 0 Å². The fourth-order valence-electron chi connectivity index (χ4n) is 10.7. The number of rotatable bonds is 2. The lowest BCUT2D eigenvalue weighted by Crippen LogP contribution is -2.67. The van der Waals surface area contributed by atoms with Gasteiger partial charge in [0.1, 0.15) is 0 Å². The first kappa shape index (κ1) is 24.8. The minimum Gasteiger partial charge on any atom is -0.481 e. The highest BCUT2D eigenvalue weighted by molar-refractivity contribution is 5.81. The lowest BCUT2D eigenvalue weighted by atomic mass is 9.33. The van der Waals surface area contributed by atoms with Crippen LogP contribution < -0.4 is 0 Å². The molecule has 0 bridgehead atoms. The molecule has 0 aliphatic heterocycles. The van der Waals surface area contributed by atoms with Gasteiger partial charge in [-0.1, -0.05) is 53.2 Å². The van der Waals surface area contributed by atoms with Crippen LogP contribution in [-0.2, 0) is 4.79 Å². The summed E-state index contributed by atoms with van der Waals surface area (Å²) in [6, 6.07) is 0. The number of carbonyl (C=O) groups is 1. The number of hydrogen-bond donors (Lipinski definition) is 3. The van der Waals surface area contributed by atoms with Crippen LogP contribution in [-0.4, -0.2) is 34.0 Å². The van der Waals surface area contributed by atoms with Crippen LogP contribution >= 0.6 is 0 Å². The van der Waals surface area contributed by atoms with E-state index in [0.717, 1.165) is 44.9 Å². The SMILES string of the molecule is CC1(C)CC[C@]2(C)CC[C@]3(C(=O)O)C(=CC[C@@H]4[C@@]5(C)CC[C@H](O)[C@](C)(CO)[C@@H]5CC[C@]43C)[C@@H]2C1. The van der Waals surface area contributed by atoms with Gasteiger partial charge in [0.2, 0.25) is 0 Å². The Labute approximate surface area is 206 Å². The number of aliphatic carboxylic acids is 1. The van der Waals surface area contributed by atoms with Gasteiger partial charge >= 0.3 is 5.97 Å². The average molecular weight is 473 g/mol. The minimum atomic E-state index is -0.785. The molecule has 5 aliphatic carbocycles. The van der Waals surface area contributed by atoms with E-state index in [4.69, 9.17) is 0 Å². The highest BCUT2D eigenvalue weighted by Crippen LogP contribution is 2.75. The van der Waals surface area contributed by atoms with Crippen LogP contribution in [0.5, 0.6) is 0 Å². The van der Waals surface area contributed by atoms with Crippen molar-refractivity contribution in [1.82, 2.24) is 0 Å². The minimum absolute atomic E-state index is 0.00146. The van der Waals surface area contributed by atoms with Gasteiger partial charge in [-0.25, -0.2) is 0 Å². The average Bonchev–Trinajstić information content (AvgIpc) is 2.76. The third-order valence-electron chi connectivity index (χ3n) is 13.0. The molecular formula is C30H48O4. The maximum Gasteiger partial charge on any atom is 0.314 e. The molecule has 4 saturated carbocycles. The van der Waals surface area contributed by atoms with E-state index in [1.807, 2.05) is 0 Å². The summed E-state index contributed by atoms with van der Waals surface area (Å²) in [5.41, 5.74) is 0.0886. The Balaban J connectivity index is 1.64. The fourth-order valence-corrected chi connectivity index (χ4v) is 10.7. The molecule has 0 heterocycles. The van der Waals surface area contributed by atoms with Gasteiger partial charge in [-0.15, -0.1) is 0 Å². The third kappa shape index (κ3) is 2.88. The number of allylic oxidation sites excluding steroid dienone is 1. The summed E-state index contributed by atoms with van der Waals surface area (Å²) in [4.78, 5) is 13.5. The first-order valence-electron chi connectivity index (χ1n) is 13.9. The van der Waals surface area contributed by atoms with Gasteiger partial charge in [-0.05, 0) is 104 Å². The molecule has 0 radical (unpaired) electrons. The Morgan fingerprint density at radius 1 is 0.941 bits per heavy atom. The first-order chi connectivity index (χ1) is 15.7. The van der Waals surface area contributed by atoms with Crippen molar-refractivity contribution >= 4 is 5.97 Å². The fraction of sp³-hybridized carbons (Fsp3) is 0.900. The van der Waals surface area contributed by atoms with E-state index in [1.165, 1.54) is 18.4 Å². The highest BCUT2D eigenvalue weighted by Gasteiger charge is 2.72. The van der Waals surface area contributed by atoms with Crippen LogP contribution in [0.3, 0.4) is 0 Å². The normalized spacial score (nSPS) is 54.1. The summed E-state index contributed by atoms with van der Waals surface area (Å²) >= 11 is 0. The van der Waals surface area contributed by atoms with E-state index >= 15 is 0 Å². The van der Waals surface area contributed by atoms with Crippen molar-refractivity contribution in [3.63, 3.8) is 0 Å². The Kier molecular flexibility index (Phi) is 5.36. The van der Waals surface area contributed by atoms with Crippen molar-refractivity contribution in [2.75, 3.05) is 6.61 Å². The van der Waals surface area contributed by atoms with Crippen LogP contribution in [0.2, 0.25) is 0 Å². The zero-order chi connectivity index (χ0) is 24.9. The number of hydrogen-bond acceptors (Lipinski definition) is 3. The largest absolute Gasteiger partial charge is 0.481 e. The molecule has 4 nitrogen and oxygen atoms in total. The number of aliphatic hydroxyl groups is 2. The van der Waals surface area contributed by atoms with E-state index in [-0.39, 0.29) is 40.1 Å². The van der Waals surface area contributed by atoms with Crippen molar-refractivity contribution in [1.29, 1.82) is 0 Å². The van der Waals surface area contributed by atoms with E-state index in [2.05, 4.69) is 47.6 Å². The van der Waals surface area contributed by atoms with Crippen molar-refractivity contribution < 1.29 is 20.1 Å². The Hall–Kier alpha value is -0.870. The number of fused-ring (bicyclic) bond motifs is 7. The second-order valence-electron chi connectivity index (χ2n) is 15.0. The summed E-state index contributed by atoms with van der Waals surface area (Å²) in [5, 5.41) is 32.4. The number of aliphatic hydroxyl groups excluding tert-OH is 2. The summed E-state index contributed by atoms with van der Waals surface area (Å²) in [7, 11) is 0. The molecule has 0 aromatic heterocycles. The first-order valence-corrected chi connectivity index (χ1v) is 13.9. The quantitative estimate of drug-likeness (QED) is 0.418. The van der Waals surface area contributed by atoms with Gasteiger partial charge in [-0.2, -0.15) is 0 Å². The van der Waals surface area contributed by atoms with Gasteiger partial charge in [0.25, 0.3) is 0 Å². The smallest absolute Gasteiger partial charge is 0.314 e. The standard InChI is InChI=1S/C30H48O4/c1-25(2)13-14-26(3)15-16-30(24(33)34)19(20(26)17-25)7-8-22-27(4)11-10-23(32)28(5,18-31)21(27)9-12-29(22,30)6/h7,20-23,31-32H,8-18H2,1-6H3,(H,33,34)/t20-,21+,22+,23-,26+,27-,28+,29+,30+/m0/s1. The maximum absolute atomic E-state index is 13.5. The van der Waals surface area contributed by atoms with Gasteiger partial charge in [0.05, 0.1) is 18.1 Å². The Bertz CT molecular complexity index is 907. The second-order valence-corrected chi connectivity index (χ2v) is 15.0. The molecule has 0 aromatic rings. The Morgan fingerprint density at radius 3 is 2.26 bits per heavy atom. The monoisotopic (exact) mass is 472 g/mol. The van der Waals surface area contributed by atoms with E-state index in [9.17, 15) is 20.1 Å². The molecule has 4 heteroatoms. The maximum atomic E-state index is 13.5. The van der Waals surface area contributed by atoms with Crippen LogP contribution in [0, 0.1) is 50.2 Å². The predicted molar refractivity (Wildman–Crippen MR) is 134 cm³/mol. The van der Waals surface area contributed by atoms with Crippen LogP contribution in [0.25, 0.3) is 0 Å². The third-order valence-corrected chi connectivity index (χ3v) is 13.0. The predicted octanol–water partition coefficient (Wildman–Crippen LogP) is 6.21. The van der Waals surface area contributed by atoms with Crippen molar-refractivity contribution in [3.8, 4) is 0 Å². The van der Waals surface area contributed by atoms with E-state index < -0.39 is 22.9 Å². The van der Waals surface area contributed by atoms with E-state index in [1.54, 1.807) is 0 Å². The molecule has 0 amide bonds. The molecule has 5 rings (SSSR count). The topological polar surface area (TPSA) is 77.8 Å². The van der Waals surface area contributed by atoms with Gasteiger partial charge in [-0.3, -0.25) is 4.79 Å².